The first-order valence-electron chi connectivity index (χ1n) is 9.13. The number of unbranched alkanes of at least 4 members (excludes halogenated alkanes) is 4. The number of aliphatic hydroxyl groups is 1. The van der Waals surface area contributed by atoms with Crippen LogP contribution in [0, 0.1) is 11.8 Å². The molecule has 0 saturated carbocycles. The summed E-state index contributed by atoms with van der Waals surface area (Å²) in [4.78, 5) is 10.3. The lowest BCUT2D eigenvalue weighted by atomic mass is 9.97. The van der Waals surface area contributed by atoms with Crippen molar-refractivity contribution in [2.24, 2.45) is 17.6 Å². The van der Waals surface area contributed by atoms with E-state index in [9.17, 15) is 4.79 Å². The average molecular weight is 318 g/mol. The van der Waals surface area contributed by atoms with E-state index >= 15 is 0 Å². The zero-order valence-electron chi connectivity index (χ0n) is 16.3. The Morgan fingerprint density at radius 1 is 0.955 bits per heavy atom. The van der Waals surface area contributed by atoms with Crippen LogP contribution in [0.5, 0.6) is 0 Å². The molecule has 136 valence electrons. The molecular formula is C19H43NO2. The van der Waals surface area contributed by atoms with Gasteiger partial charge in [0.25, 0.3) is 0 Å². The molecule has 0 aliphatic heterocycles. The van der Waals surface area contributed by atoms with Crippen LogP contribution in [0.15, 0.2) is 0 Å². The van der Waals surface area contributed by atoms with Gasteiger partial charge >= 0.3 is 0 Å². The third-order valence-electron chi connectivity index (χ3n) is 3.10. The lowest BCUT2D eigenvalue weighted by Crippen LogP contribution is -2.09. The van der Waals surface area contributed by atoms with Crippen molar-refractivity contribution in [2.45, 2.75) is 106 Å². The summed E-state index contributed by atoms with van der Waals surface area (Å²) >= 11 is 0. The summed E-state index contributed by atoms with van der Waals surface area (Å²) in [6.45, 7) is 14.8. The van der Waals surface area contributed by atoms with Crippen molar-refractivity contribution < 1.29 is 9.90 Å². The molecule has 0 spiro atoms. The van der Waals surface area contributed by atoms with Crippen LogP contribution in [0.25, 0.3) is 0 Å². The minimum Gasteiger partial charge on any atom is -0.394 e. The summed E-state index contributed by atoms with van der Waals surface area (Å²) in [5.74, 6) is 1.64. The first kappa shape index (κ1) is 26.3. The average Bonchev–Trinajstić information content (AvgIpc) is 2.37. The topological polar surface area (TPSA) is 63.3 Å². The molecule has 3 nitrogen and oxygen atoms in total. The Bertz CT molecular complexity index is 213. The number of nitrogens with two attached hydrogens (primary N) is 1. The normalized spacial score (nSPS) is 11.4. The second-order valence-corrected chi connectivity index (χ2v) is 6.87. The van der Waals surface area contributed by atoms with E-state index in [2.05, 4.69) is 34.6 Å². The molecule has 1 atom stereocenters. The van der Waals surface area contributed by atoms with Gasteiger partial charge in [0.2, 0.25) is 5.91 Å². The number of carbonyl (C=O) groups excluding carboxylic acids is 1. The molecule has 0 aromatic rings. The first-order valence-corrected chi connectivity index (χ1v) is 9.13. The van der Waals surface area contributed by atoms with E-state index < -0.39 is 0 Å². The summed E-state index contributed by atoms with van der Waals surface area (Å²) < 4.78 is 0. The predicted octanol–water partition coefficient (Wildman–Crippen LogP) is 5.30. The smallest absolute Gasteiger partial charge is 0.217 e. The fourth-order valence-corrected chi connectivity index (χ4v) is 1.87. The van der Waals surface area contributed by atoms with E-state index in [1.165, 1.54) is 32.1 Å². The number of hydrogen-bond donors (Lipinski definition) is 2. The highest BCUT2D eigenvalue weighted by Gasteiger charge is 2.00. The zero-order valence-corrected chi connectivity index (χ0v) is 16.3. The predicted molar refractivity (Wildman–Crippen MR) is 98.8 cm³/mol. The van der Waals surface area contributed by atoms with Gasteiger partial charge in [0.15, 0.2) is 0 Å². The molecule has 0 saturated heterocycles. The summed E-state index contributed by atoms with van der Waals surface area (Å²) in [7, 11) is 0. The summed E-state index contributed by atoms with van der Waals surface area (Å²) in [5.41, 5.74) is 4.97. The van der Waals surface area contributed by atoms with Crippen molar-refractivity contribution in [1.82, 2.24) is 0 Å². The van der Waals surface area contributed by atoms with Crippen LogP contribution < -0.4 is 5.73 Å². The molecule has 0 aromatic carbocycles. The molecule has 0 fully saturated rings. The Kier molecular flexibility index (Phi) is 24.5. The Morgan fingerprint density at radius 2 is 1.41 bits per heavy atom. The van der Waals surface area contributed by atoms with E-state index in [4.69, 9.17) is 10.8 Å². The van der Waals surface area contributed by atoms with Gasteiger partial charge in [0.05, 0.1) is 0 Å². The molecule has 0 aliphatic carbocycles. The van der Waals surface area contributed by atoms with Gasteiger partial charge in [-0.2, -0.15) is 0 Å². The number of aliphatic hydroxyl groups excluding tert-OH is 1. The summed E-state index contributed by atoms with van der Waals surface area (Å²) in [6, 6.07) is 0. The number of hydrogen-bond acceptors (Lipinski definition) is 2. The maximum absolute atomic E-state index is 10.3. The Morgan fingerprint density at radius 3 is 1.68 bits per heavy atom. The minimum absolute atomic E-state index is 0.167. The second kappa shape index (κ2) is 20.4. The van der Waals surface area contributed by atoms with E-state index in [-0.39, 0.29) is 12.0 Å². The molecule has 22 heavy (non-hydrogen) atoms. The monoisotopic (exact) mass is 317 g/mol. The van der Waals surface area contributed by atoms with E-state index in [1.54, 1.807) is 13.8 Å². The van der Waals surface area contributed by atoms with Crippen LogP contribution in [-0.2, 0) is 4.79 Å². The minimum atomic E-state index is -0.170. The standard InChI is InChI=1S/C8H17NO.C8H18.C3H8O/c1-2-3-4-5-6-7-8(9)10;1-5-8(4)6-7(2)3;1-3(2)4/h2-7H2,1H3,(H2,9,10);7-8H,5-6H2,1-4H3;3-4H,1-2H3. The third-order valence-corrected chi connectivity index (χ3v) is 3.10. The van der Waals surface area contributed by atoms with Crippen LogP contribution in [0.3, 0.4) is 0 Å². The largest absolute Gasteiger partial charge is 0.394 e. The summed E-state index contributed by atoms with van der Waals surface area (Å²) in [6.07, 6.45) is 8.99. The maximum Gasteiger partial charge on any atom is 0.217 e. The van der Waals surface area contributed by atoms with Crippen molar-refractivity contribution in [1.29, 1.82) is 0 Å². The van der Waals surface area contributed by atoms with Crippen LogP contribution >= 0.6 is 0 Å². The molecule has 0 aromatic heterocycles. The van der Waals surface area contributed by atoms with Crippen molar-refractivity contribution >= 4 is 5.91 Å². The number of carbonyl (C=O) groups is 1. The second-order valence-electron chi connectivity index (χ2n) is 6.87. The lowest BCUT2D eigenvalue weighted by molar-refractivity contribution is -0.118. The van der Waals surface area contributed by atoms with Crippen molar-refractivity contribution in [3.63, 3.8) is 0 Å². The van der Waals surface area contributed by atoms with E-state index in [0.29, 0.717) is 6.42 Å². The number of amides is 1. The molecule has 1 amide bonds. The molecule has 0 aliphatic rings. The van der Waals surface area contributed by atoms with Gasteiger partial charge in [-0.1, -0.05) is 66.7 Å². The fourth-order valence-electron chi connectivity index (χ4n) is 1.87. The molecule has 3 N–H and O–H groups in total. The van der Waals surface area contributed by atoms with Crippen molar-refractivity contribution in [2.75, 3.05) is 0 Å². The molecular weight excluding hydrogens is 274 g/mol. The molecule has 0 radical (unpaired) electrons. The van der Waals surface area contributed by atoms with Gasteiger partial charge < -0.3 is 10.8 Å². The van der Waals surface area contributed by atoms with Crippen LogP contribution in [0.2, 0.25) is 0 Å². The molecule has 0 rings (SSSR count). The number of rotatable bonds is 9. The third kappa shape index (κ3) is 42.7. The highest BCUT2D eigenvalue weighted by atomic mass is 16.3. The van der Waals surface area contributed by atoms with Gasteiger partial charge in [0, 0.05) is 12.5 Å². The van der Waals surface area contributed by atoms with Crippen molar-refractivity contribution in [3.8, 4) is 0 Å². The highest BCUT2D eigenvalue weighted by Crippen LogP contribution is 2.12. The molecule has 1 unspecified atom stereocenters. The SMILES string of the molecule is CC(C)O.CCC(C)CC(C)C.CCCCCCCC(N)=O. The highest BCUT2D eigenvalue weighted by molar-refractivity contribution is 5.73. The van der Waals surface area contributed by atoms with Gasteiger partial charge in [-0.15, -0.1) is 0 Å². The van der Waals surface area contributed by atoms with Crippen LogP contribution in [0.4, 0.5) is 0 Å². The lowest BCUT2D eigenvalue weighted by Gasteiger charge is -2.09. The Balaban J connectivity index is -0.000000269. The Labute approximate surface area is 140 Å². The van der Waals surface area contributed by atoms with E-state index in [1.807, 2.05) is 0 Å². The number of primary amides is 1. The van der Waals surface area contributed by atoms with Gasteiger partial charge in [-0.3, -0.25) is 4.79 Å². The summed E-state index contributed by atoms with van der Waals surface area (Å²) in [5, 5.41) is 8.06. The quantitative estimate of drug-likeness (QED) is 0.567. The maximum atomic E-state index is 10.3. The Hall–Kier alpha value is -0.570. The van der Waals surface area contributed by atoms with Crippen LogP contribution in [0.1, 0.15) is 99.8 Å². The molecule has 0 bridgehead atoms. The molecule has 0 heterocycles. The fraction of sp³-hybridized carbons (Fsp3) is 0.947. The first-order chi connectivity index (χ1) is 10.2. The van der Waals surface area contributed by atoms with Gasteiger partial charge in [-0.25, -0.2) is 0 Å². The van der Waals surface area contributed by atoms with Crippen molar-refractivity contribution in [3.05, 3.63) is 0 Å². The zero-order chi connectivity index (χ0) is 18.0. The van der Waals surface area contributed by atoms with Gasteiger partial charge in [0.1, 0.15) is 0 Å². The van der Waals surface area contributed by atoms with E-state index in [0.717, 1.165) is 24.7 Å². The van der Waals surface area contributed by atoms with Gasteiger partial charge in [-0.05, 0) is 38.5 Å². The molecule has 3 heteroatoms. The van der Waals surface area contributed by atoms with Crippen LogP contribution in [-0.4, -0.2) is 17.1 Å².